The molecule has 4 rings (SSSR count). The van der Waals surface area contributed by atoms with Gasteiger partial charge in [0.2, 0.25) is 11.8 Å². The number of amides is 2. The second kappa shape index (κ2) is 11.4. The topological polar surface area (TPSA) is 89.4 Å². The Morgan fingerprint density at radius 3 is 2.53 bits per heavy atom. The minimum Gasteiger partial charge on any atom is -0.383 e. The van der Waals surface area contributed by atoms with E-state index >= 15 is 4.39 Å². The number of aromatic nitrogens is 3. The largest absolute Gasteiger partial charge is 0.416 e. The highest BCUT2D eigenvalue weighted by atomic mass is 19.4. The number of alkyl halides is 3. The maximum Gasteiger partial charge on any atom is 0.416 e. The van der Waals surface area contributed by atoms with E-state index in [1.807, 2.05) is 0 Å². The normalized spacial score (nSPS) is 12.3. The van der Waals surface area contributed by atoms with Gasteiger partial charge >= 0.3 is 6.18 Å². The monoisotopic (exact) mass is 529 g/mol. The summed E-state index contributed by atoms with van der Waals surface area (Å²) in [5.41, 5.74) is -0.488. The zero-order valence-corrected chi connectivity index (χ0v) is 20.2. The second-order valence-corrected chi connectivity index (χ2v) is 8.26. The van der Waals surface area contributed by atoms with Crippen molar-refractivity contribution in [3.05, 3.63) is 89.7 Å². The molecule has 1 heterocycles. The summed E-state index contributed by atoms with van der Waals surface area (Å²) in [7, 11) is 1.42. The Morgan fingerprint density at radius 2 is 1.79 bits per heavy atom. The Balaban J connectivity index is 1.84. The van der Waals surface area contributed by atoms with Gasteiger partial charge in [-0.15, -0.1) is 5.10 Å². The Morgan fingerprint density at radius 1 is 1.05 bits per heavy atom. The standard InChI is InChI=1S/C26H23F4N5O3/c1-38-14-13-31-25(37)24(19-9-2-3-10-20(19)27)35(18-8-6-7-17(15-18)26(28,29)30)23(36)16-34-22-12-5-4-11-21(22)32-33-34/h2-12,15,24H,13-14,16H2,1H3,(H,31,37)/t24-/m0/s1. The molecule has 2 amide bonds. The Hall–Kier alpha value is -4.32. The van der Waals surface area contributed by atoms with Gasteiger partial charge in [-0.05, 0) is 36.4 Å². The number of nitrogens with zero attached hydrogens (tertiary/aromatic N) is 4. The number of ether oxygens (including phenoxy) is 1. The molecule has 1 atom stereocenters. The van der Waals surface area contributed by atoms with Crippen LogP contribution < -0.4 is 10.2 Å². The number of carbonyl (C=O) groups excluding carboxylic acids is 2. The average Bonchev–Trinajstić information content (AvgIpc) is 3.30. The molecular weight excluding hydrogens is 506 g/mol. The van der Waals surface area contributed by atoms with Gasteiger partial charge in [0.1, 0.15) is 23.9 Å². The second-order valence-electron chi connectivity index (χ2n) is 8.26. The van der Waals surface area contributed by atoms with Crippen LogP contribution in [-0.2, 0) is 27.0 Å². The van der Waals surface area contributed by atoms with Gasteiger partial charge in [-0.1, -0.05) is 41.6 Å². The fourth-order valence-corrected chi connectivity index (χ4v) is 3.97. The highest BCUT2D eigenvalue weighted by molar-refractivity contribution is 6.01. The van der Waals surface area contributed by atoms with Crippen molar-refractivity contribution < 1.29 is 31.9 Å². The number of hydrogen-bond donors (Lipinski definition) is 1. The summed E-state index contributed by atoms with van der Waals surface area (Å²) in [4.78, 5) is 28.1. The number of methoxy groups -OCH3 is 1. The van der Waals surface area contributed by atoms with Crippen molar-refractivity contribution in [1.29, 1.82) is 0 Å². The van der Waals surface area contributed by atoms with Gasteiger partial charge in [0.05, 0.1) is 17.7 Å². The van der Waals surface area contributed by atoms with E-state index in [0.29, 0.717) is 11.0 Å². The number of para-hydroxylation sites is 1. The number of halogens is 4. The van der Waals surface area contributed by atoms with Crippen molar-refractivity contribution >= 4 is 28.5 Å². The van der Waals surface area contributed by atoms with Crippen LogP contribution in [-0.4, -0.2) is 47.1 Å². The van der Waals surface area contributed by atoms with Crippen LogP contribution in [0, 0.1) is 5.82 Å². The Kier molecular flexibility index (Phi) is 8.01. The minimum absolute atomic E-state index is 0.0264. The Labute approximate surface area is 214 Å². The quantitative estimate of drug-likeness (QED) is 0.260. The average molecular weight is 529 g/mol. The maximum absolute atomic E-state index is 15.0. The van der Waals surface area contributed by atoms with Crippen LogP contribution in [0.25, 0.3) is 11.0 Å². The highest BCUT2D eigenvalue weighted by Gasteiger charge is 2.37. The molecule has 0 aliphatic heterocycles. The maximum atomic E-state index is 15.0. The van der Waals surface area contributed by atoms with E-state index in [2.05, 4.69) is 15.6 Å². The summed E-state index contributed by atoms with van der Waals surface area (Å²) >= 11 is 0. The van der Waals surface area contributed by atoms with Crippen molar-refractivity contribution in [1.82, 2.24) is 20.3 Å². The van der Waals surface area contributed by atoms with Gasteiger partial charge in [0.15, 0.2) is 0 Å². The van der Waals surface area contributed by atoms with Crippen LogP contribution in [0.1, 0.15) is 17.2 Å². The molecule has 0 aliphatic rings. The fraction of sp³-hybridized carbons (Fsp3) is 0.231. The van der Waals surface area contributed by atoms with Crippen molar-refractivity contribution in [3.63, 3.8) is 0 Å². The third-order valence-electron chi connectivity index (χ3n) is 5.74. The first-order valence-corrected chi connectivity index (χ1v) is 11.5. The number of rotatable bonds is 9. The van der Waals surface area contributed by atoms with E-state index in [1.165, 1.54) is 36.1 Å². The first-order valence-electron chi connectivity index (χ1n) is 11.5. The molecule has 1 aromatic heterocycles. The number of nitrogens with one attached hydrogen (secondary N) is 1. The van der Waals surface area contributed by atoms with E-state index in [0.717, 1.165) is 29.2 Å². The zero-order chi connectivity index (χ0) is 27.3. The van der Waals surface area contributed by atoms with Crippen LogP contribution in [0.2, 0.25) is 0 Å². The summed E-state index contributed by atoms with van der Waals surface area (Å²) in [6, 6.07) is 14.4. The van der Waals surface area contributed by atoms with Crippen molar-refractivity contribution in [2.24, 2.45) is 0 Å². The molecule has 12 heteroatoms. The van der Waals surface area contributed by atoms with E-state index in [4.69, 9.17) is 4.74 Å². The smallest absolute Gasteiger partial charge is 0.383 e. The van der Waals surface area contributed by atoms with E-state index in [-0.39, 0.29) is 24.4 Å². The molecule has 1 N–H and O–H groups in total. The molecule has 0 unspecified atom stereocenters. The molecule has 0 saturated heterocycles. The van der Waals surface area contributed by atoms with Gasteiger partial charge in [-0.25, -0.2) is 9.07 Å². The lowest BCUT2D eigenvalue weighted by Crippen LogP contribution is -2.46. The highest BCUT2D eigenvalue weighted by Crippen LogP contribution is 2.35. The van der Waals surface area contributed by atoms with Gasteiger partial charge < -0.3 is 10.1 Å². The summed E-state index contributed by atoms with van der Waals surface area (Å²) in [6.07, 6.45) is -4.72. The van der Waals surface area contributed by atoms with Crippen LogP contribution in [0.4, 0.5) is 23.2 Å². The van der Waals surface area contributed by atoms with Crippen LogP contribution in [0.3, 0.4) is 0 Å². The van der Waals surface area contributed by atoms with Crippen LogP contribution in [0.5, 0.6) is 0 Å². The predicted molar refractivity (Wildman–Crippen MR) is 130 cm³/mol. The lowest BCUT2D eigenvalue weighted by atomic mass is 10.0. The van der Waals surface area contributed by atoms with Crippen molar-refractivity contribution in [3.8, 4) is 0 Å². The lowest BCUT2D eigenvalue weighted by molar-refractivity contribution is -0.137. The molecular formula is C26H23F4N5O3. The summed E-state index contributed by atoms with van der Waals surface area (Å²) in [5, 5.41) is 10.5. The van der Waals surface area contributed by atoms with Crippen LogP contribution in [0.15, 0.2) is 72.8 Å². The molecule has 0 saturated carbocycles. The van der Waals surface area contributed by atoms with E-state index in [1.54, 1.807) is 24.3 Å². The first-order chi connectivity index (χ1) is 18.2. The summed E-state index contributed by atoms with van der Waals surface area (Å²) in [5.74, 6) is -2.42. The zero-order valence-electron chi connectivity index (χ0n) is 20.2. The number of carbonyl (C=O) groups is 2. The Bertz CT molecular complexity index is 1440. The molecule has 0 aliphatic carbocycles. The number of hydrogen-bond acceptors (Lipinski definition) is 5. The predicted octanol–water partition coefficient (Wildman–Crippen LogP) is 4.13. The van der Waals surface area contributed by atoms with Crippen molar-refractivity contribution in [2.75, 3.05) is 25.2 Å². The molecule has 0 radical (unpaired) electrons. The van der Waals surface area contributed by atoms with Gasteiger partial charge in [-0.2, -0.15) is 13.2 Å². The molecule has 0 fully saturated rings. The van der Waals surface area contributed by atoms with Gasteiger partial charge in [0, 0.05) is 24.9 Å². The van der Waals surface area contributed by atoms with Gasteiger partial charge in [0.25, 0.3) is 0 Å². The van der Waals surface area contributed by atoms with Gasteiger partial charge in [-0.3, -0.25) is 14.5 Å². The van der Waals surface area contributed by atoms with Crippen molar-refractivity contribution in [2.45, 2.75) is 18.8 Å². The van der Waals surface area contributed by atoms with E-state index in [9.17, 15) is 22.8 Å². The summed E-state index contributed by atoms with van der Waals surface area (Å²) < 4.78 is 62.0. The molecule has 38 heavy (non-hydrogen) atoms. The number of anilines is 1. The fourth-order valence-electron chi connectivity index (χ4n) is 3.97. The third kappa shape index (κ3) is 5.80. The number of benzene rings is 3. The first kappa shape index (κ1) is 26.7. The molecule has 3 aromatic carbocycles. The number of fused-ring (bicyclic) bond motifs is 1. The minimum atomic E-state index is -4.72. The molecule has 8 nitrogen and oxygen atoms in total. The lowest BCUT2D eigenvalue weighted by Gasteiger charge is -2.32. The third-order valence-corrected chi connectivity index (χ3v) is 5.74. The molecule has 4 aromatic rings. The SMILES string of the molecule is COCCNC(=O)[C@H](c1ccccc1F)N(C(=O)Cn1nnc2ccccc21)c1cccc(C(F)(F)F)c1. The molecule has 0 bridgehead atoms. The van der Waals surface area contributed by atoms with Crippen LogP contribution >= 0.6 is 0 Å². The molecule has 198 valence electrons. The van der Waals surface area contributed by atoms with E-state index < -0.39 is 42.0 Å². The molecule has 0 spiro atoms. The summed E-state index contributed by atoms with van der Waals surface area (Å²) in [6.45, 7) is -0.329.